The van der Waals surface area contributed by atoms with Crippen LogP contribution >= 0.6 is 0 Å². The Labute approximate surface area is 158 Å². The predicted molar refractivity (Wildman–Crippen MR) is 101 cm³/mol. The summed E-state index contributed by atoms with van der Waals surface area (Å²) in [5.41, 5.74) is 0.782. The molecule has 144 valence electrons. The maximum absolute atomic E-state index is 13.6. The second kappa shape index (κ2) is 8.16. The highest BCUT2D eigenvalue weighted by molar-refractivity contribution is 7.89. The number of sulfonamides is 1. The highest BCUT2D eigenvalue weighted by atomic mass is 32.2. The minimum Gasteiger partial charge on any atom is -0.335 e. The largest absolute Gasteiger partial charge is 0.335 e. The number of likely N-dealkylation sites (N-methyl/N-ethyl adjacent to an activating group) is 1. The molecule has 1 heterocycles. The molecule has 27 heavy (non-hydrogen) atoms. The Morgan fingerprint density at radius 2 is 1.74 bits per heavy atom. The normalized spacial score (nSPS) is 16.2. The highest BCUT2D eigenvalue weighted by Crippen LogP contribution is 2.19. The second-order valence-corrected chi connectivity index (χ2v) is 8.64. The molecule has 3 rings (SSSR count). The summed E-state index contributed by atoms with van der Waals surface area (Å²) in [6, 6.07) is 12.2. The van der Waals surface area contributed by atoms with Gasteiger partial charge in [0.15, 0.2) is 0 Å². The van der Waals surface area contributed by atoms with Gasteiger partial charge in [-0.05, 0) is 35.9 Å². The molecule has 1 saturated heterocycles. The van der Waals surface area contributed by atoms with E-state index in [1.807, 2.05) is 7.05 Å². The average Bonchev–Trinajstić information content (AvgIpc) is 2.64. The molecule has 1 amide bonds. The van der Waals surface area contributed by atoms with Crippen molar-refractivity contribution in [1.82, 2.24) is 4.31 Å². The van der Waals surface area contributed by atoms with E-state index in [0.717, 1.165) is 13.1 Å². The van der Waals surface area contributed by atoms with Crippen LogP contribution in [-0.2, 0) is 21.2 Å². The van der Waals surface area contributed by atoms with Crippen molar-refractivity contribution >= 4 is 21.6 Å². The topological polar surface area (TPSA) is 70.9 Å². The number of nitrogens with one attached hydrogen (secondary N) is 2. The molecule has 0 aromatic heterocycles. The van der Waals surface area contributed by atoms with Gasteiger partial charge in [-0.15, -0.1) is 0 Å². The molecule has 0 unspecified atom stereocenters. The fourth-order valence-electron chi connectivity index (χ4n) is 2.99. The third kappa shape index (κ3) is 4.71. The van der Waals surface area contributed by atoms with E-state index in [9.17, 15) is 17.6 Å². The number of halogens is 1. The van der Waals surface area contributed by atoms with Gasteiger partial charge in [-0.2, -0.15) is 4.31 Å². The summed E-state index contributed by atoms with van der Waals surface area (Å²) < 4.78 is 40.5. The zero-order valence-corrected chi connectivity index (χ0v) is 15.9. The van der Waals surface area contributed by atoms with Crippen molar-refractivity contribution in [3.05, 3.63) is 59.9 Å². The van der Waals surface area contributed by atoms with Crippen molar-refractivity contribution in [3.8, 4) is 0 Å². The molecule has 6 nitrogen and oxygen atoms in total. The van der Waals surface area contributed by atoms with E-state index in [0.29, 0.717) is 24.3 Å². The Hall–Kier alpha value is -2.29. The van der Waals surface area contributed by atoms with Gasteiger partial charge in [0, 0.05) is 5.69 Å². The Balaban J connectivity index is 1.65. The predicted octanol–water partition coefficient (Wildman–Crippen LogP) is 0.526. The van der Waals surface area contributed by atoms with Gasteiger partial charge in [-0.1, -0.05) is 18.2 Å². The van der Waals surface area contributed by atoms with Crippen LogP contribution in [0.15, 0.2) is 53.4 Å². The first kappa shape index (κ1) is 19.5. The lowest BCUT2D eigenvalue weighted by atomic mass is 10.1. The highest BCUT2D eigenvalue weighted by Gasteiger charge is 2.29. The number of hydrogen-bond acceptors (Lipinski definition) is 3. The fraction of sp³-hybridized carbons (Fsp3) is 0.316. The Morgan fingerprint density at radius 3 is 2.37 bits per heavy atom. The van der Waals surface area contributed by atoms with Gasteiger partial charge in [0.2, 0.25) is 15.9 Å². The Morgan fingerprint density at radius 1 is 1.11 bits per heavy atom. The fourth-order valence-corrected chi connectivity index (χ4v) is 4.43. The lowest BCUT2D eigenvalue weighted by Crippen LogP contribution is -3.12. The van der Waals surface area contributed by atoms with Crippen molar-refractivity contribution in [1.29, 1.82) is 0 Å². The van der Waals surface area contributed by atoms with E-state index in [-0.39, 0.29) is 17.2 Å². The first-order chi connectivity index (χ1) is 12.9. The van der Waals surface area contributed by atoms with E-state index in [4.69, 9.17) is 0 Å². The zero-order chi connectivity index (χ0) is 19.4. The summed E-state index contributed by atoms with van der Waals surface area (Å²) in [6.45, 7) is 2.55. The molecule has 1 aliphatic rings. The second-order valence-electron chi connectivity index (χ2n) is 6.70. The molecule has 0 aliphatic carbocycles. The van der Waals surface area contributed by atoms with Gasteiger partial charge in [0.1, 0.15) is 5.82 Å². The maximum atomic E-state index is 13.6. The van der Waals surface area contributed by atoms with Gasteiger partial charge in [-0.25, -0.2) is 12.8 Å². The number of anilines is 1. The number of quaternary nitrogens is 1. The molecule has 2 aromatic carbocycles. The molecule has 2 N–H and O–H groups in total. The SMILES string of the molecule is C[NH+]1CCN(S(=O)(=O)c2ccc(NC(=O)Cc3ccccc3F)cc2)CC1. The molecule has 0 radical (unpaired) electrons. The van der Waals surface area contributed by atoms with Crippen molar-refractivity contribution in [2.75, 3.05) is 38.5 Å². The van der Waals surface area contributed by atoms with Crippen LogP contribution in [0.3, 0.4) is 0 Å². The summed E-state index contributed by atoms with van der Waals surface area (Å²) >= 11 is 0. The minimum absolute atomic E-state index is 0.0870. The van der Waals surface area contributed by atoms with E-state index in [1.54, 1.807) is 30.3 Å². The first-order valence-corrected chi connectivity index (χ1v) is 10.2. The van der Waals surface area contributed by atoms with Crippen LogP contribution in [0, 0.1) is 5.82 Å². The number of piperazine rings is 1. The van der Waals surface area contributed by atoms with Gasteiger partial charge in [-0.3, -0.25) is 4.79 Å². The van der Waals surface area contributed by atoms with Crippen molar-refractivity contribution in [2.24, 2.45) is 0 Å². The van der Waals surface area contributed by atoms with Crippen molar-refractivity contribution < 1.29 is 22.5 Å². The van der Waals surface area contributed by atoms with Crippen LogP contribution in [0.4, 0.5) is 10.1 Å². The number of carbonyl (C=O) groups excluding carboxylic acids is 1. The summed E-state index contributed by atoms with van der Waals surface area (Å²) in [4.78, 5) is 13.6. The summed E-state index contributed by atoms with van der Waals surface area (Å²) in [5.74, 6) is -0.791. The quantitative estimate of drug-likeness (QED) is 0.780. The number of carbonyl (C=O) groups is 1. The number of rotatable bonds is 5. The molecule has 0 saturated carbocycles. The molecule has 8 heteroatoms. The van der Waals surface area contributed by atoms with Gasteiger partial charge < -0.3 is 10.2 Å². The van der Waals surface area contributed by atoms with Crippen molar-refractivity contribution in [2.45, 2.75) is 11.3 Å². The van der Waals surface area contributed by atoms with E-state index in [2.05, 4.69) is 5.32 Å². The lowest BCUT2D eigenvalue weighted by molar-refractivity contribution is -0.883. The van der Waals surface area contributed by atoms with E-state index >= 15 is 0 Å². The minimum atomic E-state index is -3.53. The standard InChI is InChI=1S/C19H22FN3O3S/c1-22-10-12-23(13-11-22)27(25,26)17-8-6-16(7-9-17)21-19(24)14-15-4-2-3-5-18(15)20/h2-9H,10-14H2,1H3,(H,21,24)/p+1. The van der Waals surface area contributed by atoms with Gasteiger partial charge in [0.05, 0.1) is 44.5 Å². The lowest BCUT2D eigenvalue weighted by Gasteiger charge is -2.29. The van der Waals surface area contributed by atoms with Crippen LogP contribution in [0.2, 0.25) is 0 Å². The molecular formula is C19H23FN3O3S+. The van der Waals surface area contributed by atoms with Gasteiger partial charge >= 0.3 is 0 Å². The maximum Gasteiger partial charge on any atom is 0.243 e. The van der Waals surface area contributed by atoms with Crippen molar-refractivity contribution in [3.63, 3.8) is 0 Å². The van der Waals surface area contributed by atoms with Gasteiger partial charge in [0.25, 0.3) is 0 Å². The van der Waals surface area contributed by atoms with Crippen LogP contribution in [0.1, 0.15) is 5.56 Å². The monoisotopic (exact) mass is 392 g/mol. The average molecular weight is 392 g/mol. The smallest absolute Gasteiger partial charge is 0.243 e. The zero-order valence-electron chi connectivity index (χ0n) is 15.1. The number of amides is 1. The summed E-state index contributed by atoms with van der Waals surface area (Å²) in [6.07, 6.45) is -0.0870. The molecule has 1 aliphatic heterocycles. The molecule has 1 fully saturated rings. The third-order valence-electron chi connectivity index (χ3n) is 4.66. The molecule has 2 aromatic rings. The van der Waals surface area contributed by atoms with Crippen LogP contribution < -0.4 is 10.2 Å². The Bertz CT molecular complexity index is 908. The molecular weight excluding hydrogens is 369 g/mol. The summed E-state index contributed by atoms with van der Waals surface area (Å²) in [7, 11) is -1.48. The summed E-state index contributed by atoms with van der Waals surface area (Å²) in [5, 5.41) is 2.66. The third-order valence-corrected chi connectivity index (χ3v) is 6.57. The number of hydrogen-bond donors (Lipinski definition) is 2. The molecule has 0 spiro atoms. The van der Waals surface area contributed by atoms with Crippen LogP contribution in [-0.4, -0.2) is 51.9 Å². The Kier molecular flexibility index (Phi) is 5.88. The van der Waals surface area contributed by atoms with E-state index < -0.39 is 15.8 Å². The first-order valence-electron chi connectivity index (χ1n) is 8.81. The van der Waals surface area contributed by atoms with Crippen LogP contribution in [0.5, 0.6) is 0 Å². The van der Waals surface area contributed by atoms with E-state index in [1.165, 1.54) is 27.4 Å². The molecule has 0 atom stereocenters. The molecule has 0 bridgehead atoms. The number of nitrogens with zero attached hydrogens (tertiary/aromatic N) is 1. The van der Waals surface area contributed by atoms with Crippen LogP contribution in [0.25, 0.3) is 0 Å². The number of benzene rings is 2.